The quantitative estimate of drug-likeness (QED) is 0.888. The Labute approximate surface area is 106 Å². The standard InChI is InChI=1S/C13H18F2N2O/c1-16-8-12-13(17(2)3-4-18-12)9-5-10(14)7-11(15)6-9/h5-7,12-13,16H,3-4,8H2,1-2H3. The van der Waals surface area contributed by atoms with Crippen LogP contribution in [0.25, 0.3) is 0 Å². The Bertz CT molecular complexity index is 392. The van der Waals surface area contributed by atoms with E-state index in [-0.39, 0.29) is 12.1 Å². The van der Waals surface area contributed by atoms with Crippen molar-refractivity contribution in [2.45, 2.75) is 12.1 Å². The van der Waals surface area contributed by atoms with Crippen LogP contribution in [0.15, 0.2) is 18.2 Å². The minimum Gasteiger partial charge on any atom is -0.374 e. The van der Waals surface area contributed by atoms with Gasteiger partial charge in [-0.3, -0.25) is 4.90 Å². The summed E-state index contributed by atoms with van der Waals surface area (Å²) in [5, 5.41) is 3.05. The van der Waals surface area contributed by atoms with Gasteiger partial charge in [-0.1, -0.05) is 0 Å². The molecule has 0 saturated carbocycles. The molecule has 3 nitrogen and oxygen atoms in total. The predicted molar refractivity (Wildman–Crippen MR) is 65.4 cm³/mol. The zero-order valence-electron chi connectivity index (χ0n) is 10.6. The van der Waals surface area contributed by atoms with Gasteiger partial charge in [0.1, 0.15) is 11.6 Å². The summed E-state index contributed by atoms with van der Waals surface area (Å²) < 4.78 is 32.3. The summed E-state index contributed by atoms with van der Waals surface area (Å²) in [4.78, 5) is 2.07. The molecule has 18 heavy (non-hydrogen) atoms. The van der Waals surface area contributed by atoms with Crippen molar-refractivity contribution in [1.82, 2.24) is 10.2 Å². The maximum absolute atomic E-state index is 13.3. The molecule has 0 bridgehead atoms. The van der Waals surface area contributed by atoms with Crippen LogP contribution in [0.5, 0.6) is 0 Å². The first-order chi connectivity index (χ1) is 8.61. The minimum absolute atomic E-state index is 0.102. The van der Waals surface area contributed by atoms with Crippen molar-refractivity contribution in [2.24, 2.45) is 0 Å². The maximum atomic E-state index is 13.3. The predicted octanol–water partition coefficient (Wildman–Crippen LogP) is 1.56. The van der Waals surface area contributed by atoms with Crippen molar-refractivity contribution in [3.8, 4) is 0 Å². The summed E-state index contributed by atoms with van der Waals surface area (Å²) in [5.74, 6) is -1.10. The molecule has 0 amide bonds. The van der Waals surface area contributed by atoms with E-state index in [9.17, 15) is 8.78 Å². The number of likely N-dealkylation sites (N-methyl/N-ethyl adjacent to an activating group) is 2. The van der Waals surface area contributed by atoms with Gasteiger partial charge in [0.05, 0.1) is 18.8 Å². The van der Waals surface area contributed by atoms with Crippen LogP contribution in [0.4, 0.5) is 8.78 Å². The van der Waals surface area contributed by atoms with Crippen LogP contribution in [0, 0.1) is 11.6 Å². The lowest BCUT2D eigenvalue weighted by atomic mass is 9.98. The largest absolute Gasteiger partial charge is 0.374 e. The third-order valence-corrected chi connectivity index (χ3v) is 3.23. The molecular weight excluding hydrogens is 238 g/mol. The van der Waals surface area contributed by atoms with Crippen molar-refractivity contribution in [3.63, 3.8) is 0 Å². The van der Waals surface area contributed by atoms with Crippen molar-refractivity contribution in [2.75, 3.05) is 33.8 Å². The summed E-state index contributed by atoms with van der Waals surface area (Å²) in [6, 6.07) is 3.51. The van der Waals surface area contributed by atoms with Gasteiger partial charge in [0, 0.05) is 19.2 Å². The van der Waals surface area contributed by atoms with Gasteiger partial charge in [-0.25, -0.2) is 8.78 Å². The third-order valence-electron chi connectivity index (χ3n) is 3.23. The van der Waals surface area contributed by atoms with E-state index in [1.54, 1.807) is 0 Å². The fourth-order valence-corrected chi connectivity index (χ4v) is 2.45. The van der Waals surface area contributed by atoms with Crippen LogP contribution in [-0.4, -0.2) is 44.8 Å². The molecule has 1 aromatic rings. The lowest BCUT2D eigenvalue weighted by molar-refractivity contribution is -0.0607. The second-order valence-corrected chi connectivity index (χ2v) is 4.60. The molecule has 100 valence electrons. The zero-order valence-corrected chi connectivity index (χ0v) is 10.6. The molecule has 1 N–H and O–H groups in total. The maximum Gasteiger partial charge on any atom is 0.126 e. The van der Waals surface area contributed by atoms with E-state index < -0.39 is 11.6 Å². The summed E-state index contributed by atoms with van der Waals surface area (Å²) in [7, 11) is 3.78. The Morgan fingerprint density at radius 3 is 2.61 bits per heavy atom. The number of morpholine rings is 1. The van der Waals surface area contributed by atoms with Crippen LogP contribution in [-0.2, 0) is 4.74 Å². The highest BCUT2D eigenvalue weighted by molar-refractivity contribution is 5.23. The Morgan fingerprint density at radius 1 is 1.33 bits per heavy atom. The van der Waals surface area contributed by atoms with Crippen molar-refractivity contribution in [3.05, 3.63) is 35.4 Å². The van der Waals surface area contributed by atoms with E-state index in [2.05, 4.69) is 10.2 Å². The molecule has 1 aliphatic heterocycles. The highest BCUT2D eigenvalue weighted by Crippen LogP contribution is 2.29. The lowest BCUT2D eigenvalue weighted by Crippen LogP contribution is -2.47. The van der Waals surface area contributed by atoms with Gasteiger partial charge in [0.2, 0.25) is 0 Å². The van der Waals surface area contributed by atoms with Crippen LogP contribution in [0.3, 0.4) is 0 Å². The number of ether oxygens (including phenoxy) is 1. The monoisotopic (exact) mass is 256 g/mol. The molecular formula is C13H18F2N2O. The molecule has 0 aliphatic carbocycles. The number of rotatable bonds is 3. The number of hydrogen-bond acceptors (Lipinski definition) is 3. The number of hydrogen-bond donors (Lipinski definition) is 1. The number of benzene rings is 1. The van der Waals surface area contributed by atoms with Crippen molar-refractivity contribution in [1.29, 1.82) is 0 Å². The molecule has 1 aliphatic rings. The number of nitrogens with one attached hydrogen (secondary N) is 1. The lowest BCUT2D eigenvalue weighted by Gasteiger charge is -2.39. The van der Waals surface area contributed by atoms with Gasteiger partial charge in [0.25, 0.3) is 0 Å². The van der Waals surface area contributed by atoms with Crippen LogP contribution in [0.2, 0.25) is 0 Å². The first-order valence-electron chi connectivity index (χ1n) is 6.04. The molecule has 1 fully saturated rings. The molecule has 2 unspecified atom stereocenters. The smallest absolute Gasteiger partial charge is 0.126 e. The van der Waals surface area contributed by atoms with E-state index >= 15 is 0 Å². The van der Waals surface area contributed by atoms with Crippen LogP contribution in [0.1, 0.15) is 11.6 Å². The molecule has 1 saturated heterocycles. The number of halogens is 2. The fraction of sp³-hybridized carbons (Fsp3) is 0.538. The normalized spacial score (nSPS) is 25.3. The van der Waals surface area contributed by atoms with Gasteiger partial charge in [0.15, 0.2) is 0 Å². The van der Waals surface area contributed by atoms with Gasteiger partial charge in [-0.15, -0.1) is 0 Å². The van der Waals surface area contributed by atoms with E-state index in [4.69, 9.17) is 4.74 Å². The average Bonchev–Trinajstić information content (AvgIpc) is 2.28. The summed E-state index contributed by atoms with van der Waals surface area (Å²) in [6.07, 6.45) is -0.102. The zero-order chi connectivity index (χ0) is 13.1. The Morgan fingerprint density at radius 2 is 2.00 bits per heavy atom. The molecule has 1 aromatic carbocycles. The molecule has 0 aromatic heterocycles. The minimum atomic E-state index is -0.549. The SMILES string of the molecule is CNCC1OCCN(C)C1c1cc(F)cc(F)c1. The van der Waals surface area contributed by atoms with Crippen molar-refractivity contribution < 1.29 is 13.5 Å². The molecule has 2 rings (SSSR count). The van der Waals surface area contributed by atoms with Gasteiger partial charge >= 0.3 is 0 Å². The van der Waals surface area contributed by atoms with Crippen molar-refractivity contribution >= 4 is 0 Å². The molecule has 0 spiro atoms. The van der Waals surface area contributed by atoms with E-state index in [0.29, 0.717) is 18.7 Å². The second-order valence-electron chi connectivity index (χ2n) is 4.60. The third kappa shape index (κ3) is 2.85. The van der Waals surface area contributed by atoms with Gasteiger partial charge in [-0.2, -0.15) is 0 Å². The fourth-order valence-electron chi connectivity index (χ4n) is 2.45. The summed E-state index contributed by atoms with van der Waals surface area (Å²) in [6.45, 7) is 2.04. The first-order valence-corrected chi connectivity index (χ1v) is 6.04. The Balaban J connectivity index is 2.30. The first kappa shape index (κ1) is 13.4. The van der Waals surface area contributed by atoms with Crippen LogP contribution < -0.4 is 5.32 Å². The molecule has 5 heteroatoms. The number of nitrogens with zero attached hydrogens (tertiary/aromatic N) is 1. The molecule has 1 heterocycles. The Kier molecular flexibility index (Phi) is 4.27. The highest BCUT2D eigenvalue weighted by atomic mass is 19.1. The second kappa shape index (κ2) is 5.73. The summed E-state index contributed by atoms with van der Waals surface area (Å²) in [5.41, 5.74) is 0.620. The Hall–Kier alpha value is -1.04. The highest BCUT2D eigenvalue weighted by Gasteiger charge is 2.31. The van der Waals surface area contributed by atoms with Gasteiger partial charge in [-0.05, 0) is 31.8 Å². The van der Waals surface area contributed by atoms with E-state index in [0.717, 1.165) is 12.6 Å². The van der Waals surface area contributed by atoms with E-state index in [1.165, 1.54) is 12.1 Å². The molecule has 0 radical (unpaired) electrons. The summed E-state index contributed by atoms with van der Waals surface area (Å²) >= 11 is 0. The van der Waals surface area contributed by atoms with Gasteiger partial charge < -0.3 is 10.1 Å². The average molecular weight is 256 g/mol. The molecule has 2 atom stereocenters. The topological polar surface area (TPSA) is 24.5 Å². The van der Waals surface area contributed by atoms with Crippen LogP contribution >= 0.6 is 0 Å². The van der Waals surface area contributed by atoms with E-state index in [1.807, 2.05) is 14.1 Å².